The molecule has 3 heteroatoms. The quantitative estimate of drug-likeness (QED) is 0.741. The van der Waals surface area contributed by atoms with Crippen LogP contribution >= 0.6 is 0 Å². The third kappa shape index (κ3) is 3.32. The van der Waals surface area contributed by atoms with Crippen LogP contribution in [0.4, 0.5) is 0 Å². The highest BCUT2D eigenvalue weighted by Gasteiger charge is 2.42. The molecule has 2 atom stereocenters. The first-order chi connectivity index (χ1) is 9.26. The molecule has 0 heterocycles. The maximum Gasteiger partial charge on any atom is 0.0613 e. The lowest BCUT2D eigenvalue weighted by Gasteiger charge is -2.45. The number of aliphatic hydroxyl groups is 1. The maximum absolute atomic E-state index is 9.84. The Hall–Kier alpha value is -0.120. The summed E-state index contributed by atoms with van der Waals surface area (Å²) in [7, 11) is 0. The van der Waals surface area contributed by atoms with Crippen LogP contribution in [0.2, 0.25) is 0 Å². The van der Waals surface area contributed by atoms with E-state index >= 15 is 0 Å². The van der Waals surface area contributed by atoms with E-state index in [-0.39, 0.29) is 5.54 Å². The highest BCUT2D eigenvalue weighted by molar-refractivity contribution is 5.00. The van der Waals surface area contributed by atoms with E-state index < -0.39 is 0 Å². The first-order valence-electron chi connectivity index (χ1n) is 8.38. The van der Waals surface area contributed by atoms with Gasteiger partial charge < -0.3 is 10.4 Å². The molecular formula is C16H30N2O. The van der Waals surface area contributed by atoms with Crippen molar-refractivity contribution in [2.24, 2.45) is 5.92 Å². The molecule has 0 aromatic carbocycles. The summed E-state index contributed by atoms with van der Waals surface area (Å²) < 4.78 is 0. The summed E-state index contributed by atoms with van der Waals surface area (Å²) >= 11 is 0. The predicted molar refractivity (Wildman–Crippen MR) is 78.2 cm³/mol. The molecule has 2 N–H and O–H groups in total. The standard InChI is InChI=1S/C16H30N2O/c1-2-17-16(12-19)9-3-4-15(10-16)18(14-7-8-14)11-13-5-6-13/h13-15,17,19H,2-12H2,1H3. The van der Waals surface area contributed by atoms with Crippen molar-refractivity contribution in [3.8, 4) is 0 Å². The fraction of sp³-hybridized carbons (Fsp3) is 1.00. The van der Waals surface area contributed by atoms with E-state index in [9.17, 15) is 5.11 Å². The van der Waals surface area contributed by atoms with E-state index in [0.717, 1.165) is 31.3 Å². The second kappa shape index (κ2) is 5.71. The van der Waals surface area contributed by atoms with E-state index in [0.29, 0.717) is 12.6 Å². The Morgan fingerprint density at radius 2 is 1.95 bits per heavy atom. The van der Waals surface area contributed by atoms with Crippen LogP contribution in [0.15, 0.2) is 0 Å². The minimum absolute atomic E-state index is 0.00829. The number of aliphatic hydroxyl groups excluding tert-OH is 1. The van der Waals surface area contributed by atoms with Crippen molar-refractivity contribution < 1.29 is 5.11 Å². The van der Waals surface area contributed by atoms with Gasteiger partial charge in [0.15, 0.2) is 0 Å². The summed E-state index contributed by atoms with van der Waals surface area (Å²) in [5.41, 5.74) is 0.00829. The number of nitrogens with zero attached hydrogens (tertiary/aromatic N) is 1. The highest BCUT2D eigenvalue weighted by atomic mass is 16.3. The zero-order valence-electron chi connectivity index (χ0n) is 12.4. The molecule has 0 aromatic heterocycles. The SMILES string of the molecule is CCNC1(CO)CCCC(N(CC2CC2)C2CC2)C1. The maximum atomic E-state index is 9.84. The number of rotatable bonds is 7. The Bertz CT molecular complexity index is 297. The highest BCUT2D eigenvalue weighted by Crippen LogP contribution is 2.40. The summed E-state index contributed by atoms with van der Waals surface area (Å²) in [5, 5.41) is 13.4. The van der Waals surface area contributed by atoms with Crippen LogP contribution < -0.4 is 5.32 Å². The first kappa shape index (κ1) is 13.8. The first-order valence-corrected chi connectivity index (χ1v) is 8.38. The van der Waals surface area contributed by atoms with Gasteiger partial charge in [-0.25, -0.2) is 0 Å². The summed E-state index contributed by atoms with van der Waals surface area (Å²) in [6.45, 7) is 4.77. The second-order valence-corrected chi connectivity index (χ2v) is 7.09. The Labute approximate surface area is 117 Å². The Balaban J connectivity index is 1.64. The molecule has 3 fully saturated rings. The molecule has 3 rings (SSSR count). The molecular weight excluding hydrogens is 236 g/mol. The molecule has 0 aliphatic heterocycles. The predicted octanol–water partition coefficient (Wildman–Crippen LogP) is 2.14. The molecule has 0 aromatic rings. The topological polar surface area (TPSA) is 35.5 Å². The van der Waals surface area contributed by atoms with Gasteiger partial charge >= 0.3 is 0 Å². The fourth-order valence-corrected chi connectivity index (χ4v) is 3.95. The average molecular weight is 266 g/mol. The van der Waals surface area contributed by atoms with Gasteiger partial charge in [0.2, 0.25) is 0 Å². The molecule has 0 spiro atoms. The molecule has 3 aliphatic carbocycles. The van der Waals surface area contributed by atoms with E-state index in [1.54, 1.807) is 0 Å². The molecule has 19 heavy (non-hydrogen) atoms. The van der Waals surface area contributed by atoms with Crippen LogP contribution in [0.3, 0.4) is 0 Å². The van der Waals surface area contributed by atoms with Gasteiger partial charge in [0.25, 0.3) is 0 Å². The summed E-state index contributed by atoms with van der Waals surface area (Å²) in [5.74, 6) is 0.991. The molecule has 110 valence electrons. The third-order valence-electron chi connectivity index (χ3n) is 5.32. The Morgan fingerprint density at radius 1 is 1.16 bits per heavy atom. The number of nitrogens with one attached hydrogen (secondary N) is 1. The van der Waals surface area contributed by atoms with Crippen LogP contribution in [0, 0.1) is 5.92 Å². The monoisotopic (exact) mass is 266 g/mol. The molecule has 0 amide bonds. The van der Waals surface area contributed by atoms with Crippen molar-refractivity contribution in [2.75, 3.05) is 19.7 Å². The molecule has 0 radical (unpaired) electrons. The average Bonchev–Trinajstić information content (AvgIpc) is 3.28. The smallest absolute Gasteiger partial charge is 0.0613 e. The van der Waals surface area contributed by atoms with Gasteiger partial charge in [-0.3, -0.25) is 4.90 Å². The van der Waals surface area contributed by atoms with Crippen LogP contribution in [0.25, 0.3) is 0 Å². The zero-order chi connectivity index (χ0) is 13.3. The van der Waals surface area contributed by atoms with Crippen molar-refractivity contribution in [1.82, 2.24) is 10.2 Å². The molecule has 3 saturated carbocycles. The lowest BCUT2D eigenvalue weighted by atomic mass is 9.78. The van der Waals surface area contributed by atoms with Gasteiger partial charge in [-0.15, -0.1) is 0 Å². The lowest BCUT2D eigenvalue weighted by molar-refractivity contribution is 0.0541. The summed E-state index contributed by atoms with van der Waals surface area (Å²) in [6, 6.07) is 1.59. The van der Waals surface area contributed by atoms with E-state index in [2.05, 4.69) is 17.1 Å². The van der Waals surface area contributed by atoms with Gasteiger partial charge in [0.05, 0.1) is 6.61 Å². The van der Waals surface area contributed by atoms with Gasteiger partial charge in [-0.05, 0) is 63.8 Å². The fourth-order valence-electron chi connectivity index (χ4n) is 3.95. The van der Waals surface area contributed by atoms with Gasteiger partial charge in [0, 0.05) is 24.2 Å². The molecule has 3 aliphatic rings. The molecule has 0 bridgehead atoms. The van der Waals surface area contributed by atoms with Crippen LogP contribution in [-0.4, -0.2) is 47.3 Å². The minimum Gasteiger partial charge on any atom is -0.394 e. The lowest BCUT2D eigenvalue weighted by Crippen LogP contribution is -2.56. The summed E-state index contributed by atoms with van der Waals surface area (Å²) in [4.78, 5) is 2.82. The van der Waals surface area contributed by atoms with Crippen molar-refractivity contribution in [3.05, 3.63) is 0 Å². The van der Waals surface area contributed by atoms with E-state index in [1.165, 1.54) is 45.1 Å². The third-order valence-corrected chi connectivity index (χ3v) is 5.32. The van der Waals surface area contributed by atoms with Crippen molar-refractivity contribution >= 4 is 0 Å². The van der Waals surface area contributed by atoms with Crippen molar-refractivity contribution in [3.63, 3.8) is 0 Å². The molecule has 2 unspecified atom stereocenters. The van der Waals surface area contributed by atoms with Crippen LogP contribution in [0.1, 0.15) is 58.3 Å². The number of hydrogen-bond donors (Lipinski definition) is 2. The second-order valence-electron chi connectivity index (χ2n) is 7.09. The van der Waals surface area contributed by atoms with Crippen molar-refractivity contribution in [1.29, 1.82) is 0 Å². The van der Waals surface area contributed by atoms with Crippen LogP contribution in [-0.2, 0) is 0 Å². The Morgan fingerprint density at radius 3 is 2.53 bits per heavy atom. The van der Waals surface area contributed by atoms with Crippen LogP contribution in [0.5, 0.6) is 0 Å². The van der Waals surface area contributed by atoms with Gasteiger partial charge in [-0.1, -0.05) is 6.92 Å². The number of hydrogen-bond acceptors (Lipinski definition) is 3. The summed E-state index contributed by atoms with van der Waals surface area (Å²) in [6.07, 6.45) is 10.6. The van der Waals surface area contributed by atoms with E-state index in [1.807, 2.05) is 0 Å². The van der Waals surface area contributed by atoms with Gasteiger partial charge in [-0.2, -0.15) is 0 Å². The van der Waals surface area contributed by atoms with Gasteiger partial charge in [0.1, 0.15) is 0 Å². The minimum atomic E-state index is 0.00829. The van der Waals surface area contributed by atoms with Crippen molar-refractivity contribution in [2.45, 2.75) is 75.9 Å². The Kier molecular flexibility index (Phi) is 4.16. The molecule has 0 saturated heterocycles. The zero-order valence-corrected chi connectivity index (χ0v) is 12.4. The molecule has 3 nitrogen and oxygen atoms in total. The normalized spacial score (nSPS) is 35.8. The van der Waals surface area contributed by atoms with E-state index in [4.69, 9.17) is 0 Å². The number of likely N-dealkylation sites (N-methyl/N-ethyl adjacent to an activating group) is 1. The largest absolute Gasteiger partial charge is 0.394 e.